The first-order valence-corrected chi connectivity index (χ1v) is 8.08. The van der Waals surface area contributed by atoms with Crippen molar-refractivity contribution in [3.63, 3.8) is 0 Å². The van der Waals surface area contributed by atoms with Gasteiger partial charge in [0, 0.05) is 30.4 Å². The Bertz CT molecular complexity index is 1010. The number of amides is 1. The van der Waals surface area contributed by atoms with Crippen LogP contribution in [-0.2, 0) is 6.42 Å². The SMILES string of the molecule is C[C@@H]1Cc2cccc3c(=O)c(C(=O)N(C)c4ccccc4)cn1c23. The molecule has 4 heteroatoms. The van der Waals surface area contributed by atoms with Gasteiger partial charge in [0.05, 0.1) is 5.52 Å². The van der Waals surface area contributed by atoms with E-state index in [1.54, 1.807) is 13.2 Å². The van der Waals surface area contributed by atoms with E-state index in [2.05, 4.69) is 17.6 Å². The largest absolute Gasteiger partial charge is 0.343 e. The number of hydrogen-bond acceptors (Lipinski definition) is 2. The summed E-state index contributed by atoms with van der Waals surface area (Å²) in [5, 5.41) is 0.629. The van der Waals surface area contributed by atoms with Gasteiger partial charge in [0.2, 0.25) is 5.43 Å². The zero-order chi connectivity index (χ0) is 16.8. The van der Waals surface area contributed by atoms with E-state index < -0.39 is 0 Å². The van der Waals surface area contributed by atoms with E-state index in [0.717, 1.165) is 17.6 Å². The van der Waals surface area contributed by atoms with Crippen molar-refractivity contribution in [1.29, 1.82) is 0 Å². The van der Waals surface area contributed by atoms with Gasteiger partial charge in [-0.15, -0.1) is 0 Å². The number of hydrogen-bond donors (Lipinski definition) is 0. The molecule has 1 aliphatic rings. The van der Waals surface area contributed by atoms with Crippen molar-refractivity contribution in [2.45, 2.75) is 19.4 Å². The van der Waals surface area contributed by atoms with Crippen LogP contribution >= 0.6 is 0 Å². The second-order valence-electron chi connectivity index (χ2n) is 6.35. The molecule has 0 aliphatic carbocycles. The molecule has 0 N–H and O–H groups in total. The highest BCUT2D eigenvalue weighted by molar-refractivity contribution is 6.07. The summed E-state index contributed by atoms with van der Waals surface area (Å²) in [4.78, 5) is 27.3. The lowest BCUT2D eigenvalue weighted by atomic mass is 10.1. The molecule has 3 aromatic rings. The number of para-hydroxylation sites is 2. The number of benzene rings is 2. The number of rotatable bonds is 2. The van der Waals surface area contributed by atoms with Crippen LogP contribution in [0.1, 0.15) is 28.9 Å². The fourth-order valence-corrected chi connectivity index (χ4v) is 3.52. The van der Waals surface area contributed by atoms with Crippen LogP contribution in [0.15, 0.2) is 59.5 Å². The molecule has 1 atom stereocenters. The minimum absolute atomic E-state index is 0.190. The van der Waals surface area contributed by atoms with Crippen molar-refractivity contribution in [3.05, 3.63) is 76.1 Å². The minimum Gasteiger partial charge on any atom is -0.343 e. The Morgan fingerprint density at radius 2 is 1.88 bits per heavy atom. The first-order valence-electron chi connectivity index (χ1n) is 8.08. The zero-order valence-electron chi connectivity index (χ0n) is 13.7. The highest BCUT2D eigenvalue weighted by Gasteiger charge is 2.25. The number of anilines is 1. The fourth-order valence-electron chi connectivity index (χ4n) is 3.52. The number of nitrogens with zero attached hydrogens (tertiary/aromatic N) is 2. The molecule has 0 saturated heterocycles. The molecular weight excluding hydrogens is 300 g/mol. The van der Waals surface area contributed by atoms with Gasteiger partial charge in [-0.2, -0.15) is 0 Å². The standard InChI is InChI=1S/C20H18N2O2/c1-13-11-14-7-6-10-16-18(14)22(13)12-17(19(16)23)20(24)21(2)15-8-4-3-5-9-15/h3-10,12-13H,11H2,1-2H3/t13-/m1/s1. The van der Waals surface area contributed by atoms with E-state index in [-0.39, 0.29) is 22.9 Å². The van der Waals surface area contributed by atoms with Gasteiger partial charge < -0.3 is 9.47 Å². The lowest BCUT2D eigenvalue weighted by molar-refractivity contribution is 0.0991. The maximum absolute atomic E-state index is 12.9. The lowest BCUT2D eigenvalue weighted by Crippen LogP contribution is -2.31. The molecule has 1 aliphatic heterocycles. The van der Waals surface area contributed by atoms with Gasteiger partial charge in [0.15, 0.2) is 0 Å². The van der Waals surface area contributed by atoms with Crippen molar-refractivity contribution in [3.8, 4) is 0 Å². The Morgan fingerprint density at radius 1 is 1.12 bits per heavy atom. The van der Waals surface area contributed by atoms with Gasteiger partial charge in [-0.25, -0.2) is 0 Å². The molecule has 1 amide bonds. The van der Waals surface area contributed by atoms with Gasteiger partial charge in [0.25, 0.3) is 5.91 Å². The molecule has 0 unspecified atom stereocenters. The molecule has 0 spiro atoms. The minimum atomic E-state index is -0.277. The molecule has 2 heterocycles. The summed E-state index contributed by atoms with van der Waals surface area (Å²) in [6.45, 7) is 2.11. The molecule has 0 bridgehead atoms. The van der Waals surface area contributed by atoms with Gasteiger partial charge in [-0.3, -0.25) is 9.59 Å². The van der Waals surface area contributed by atoms with E-state index in [1.807, 2.05) is 42.5 Å². The monoisotopic (exact) mass is 318 g/mol. The van der Waals surface area contributed by atoms with Crippen LogP contribution in [0.5, 0.6) is 0 Å². The normalized spacial score (nSPS) is 15.7. The summed E-state index contributed by atoms with van der Waals surface area (Å²) in [5.74, 6) is -0.277. The number of carbonyl (C=O) groups is 1. The second-order valence-corrected chi connectivity index (χ2v) is 6.35. The molecular formula is C20H18N2O2. The molecule has 4 nitrogen and oxygen atoms in total. The van der Waals surface area contributed by atoms with Crippen LogP contribution in [-0.4, -0.2) is 17.5 Å². The maximum atomic E-state index is 12.9. The van der Waals surface area contributed by atoms with E-state index >= 15 is 0 Å². The molecule has 24 heavy (non-hydrogen) atoms. The lowest BCUT2D eigenvalue weighted by Gasteiger charge is -2.18. The van der Waals surface area contributed by atoms with Crippen LogP contribution < -0.4 is 10.3 Å². The van der Waals surface area contributed by atoms with Crippen molar-refractivity contribution in [1.82, 2.24) is 4.57 Å². The van der Waals surface area contributed by atoms with Crippen LogP contribution in [0.3, 0.4) is 0 Å². The Kier molecular flexibility index (Phi) is 3.27. The average Bonchev–Trinajstić information content (AvgIpc) is 2.94. The summed E-state index contributed by atoms with van der Waals surface area (Å²) in [6, 6.07) is 15.4. The number of pyridine rings is 1. The summed E-state index contributed by atoms with van der Waals surface area (Å²) in [6.07, 6.45) is 2.62. The summed E-state index contributed by atoms with van der Waals surface area (Å²) in [7, 11) is 1.70. The van der Waals surface area contributed by atoms with E-state index in [1.165, 1.54) is 10.5 Å². The van der Waals surface area contributed by atoms with E-state index in [9.17, 15) is 9.59 Å². The van der Waals surface area contributed by atoms with E-state index in [4.69, 9.17) is 0 Å². The van der Waals surface area contributed by atoms with Crippen molar-refractivity contribution in [2.24, 2.45) is 0 Å². The Morgan fingerprint density at radius 3 is 2.62 bits per heavy atom. The van der Waals surface area contributed by atoms with Gasteiger partial charge in [0.1, 0.15) is 5.56 Å². The van der Waals surface area contributed by atoms with Crippen LogP contribution in [0.4, 0.5) is 5.69 Å². The molecule has 2 aromatic carbocycles. The number of carbonyl (C=O) groups excluding carboxylic acids is 1. The Hall–Kier alpha value is -2.88. The summed E-state index contributed by atoms with van der Waals surface area (Å²) >= 11 is 0. The first-order chi connectivity index (χ1) is 11.6. The topological polar surface area (TPSA) is 42.3 Å². The first kappa shape index (κ1) is 14.7. The summed E-state index contributed by atoms with van der Waals surface area (Å²) in [5.41, 5.74) is 2.94. The van der Waals surface area contributed by atoms with Crippen LogP contribution in [0.25, 0.3) is 10.9 Å². The highest BCUT2D eigenvalue weighted by Crippen LogP contribution is 2.31. The van der Waals surface area contributed by atoms with Crippen molar-refractivity contribution >= 4 is 22.5 Å². The smallest absolute Gasteiger partial charge is 0.263 e. The van der Waals surface area contributed by atoms with Crippen molar-refractivity contribution in [2.75, 3.05) is 11.9 Å². The molecule has 0 radical (unpaired) electrons. The zero-order valence-corrected chi connectivity index (χ0v) is 13.7. The average molecular weight is 318 g/mol. The molecule has 1 aromatic heterocycles. The molecule has 0 saturated carbocycles. The second kappa shape index (κ2) is 5.34. The van der Waals surface area contributed by atoms with Crippen molar-refractivity contribution < 1.29 is 4.79 Å². The Labute approximate surface area is 140 Å². The number of aromatic nitrogens is 1. The van der Waals surface area contributed by atoms with Gasteiger partial charge in [-0.1, -0.05) is 30.3 Å². The fraction of sp³-hybridized carbons (Fsp3) is 0.200. The molecule has 0 fully saturated rings. The quantitative estimate of drug-likeness (QED) is 0.727. The predicted molar refractivity (Wildman–Crippen MR) is 95.8 cm³/mol. The predicted octanol–water partition coefficient (Wildman–Crippen LogP) is 3.40. The summed E-state index contributed by atoms with van der Waals surface area (Å²) < 4.78 is 2.07. The molecule has 4 rings (SSSR count). The van der Waals surface area contributed by atoms with Gasteiger partial charge in [-0.05, 0) is 37.1 Å². The highest BCUT2D eigenvalue weighted by atomic mass is 16.2. The maximum Gasteiger partial charge on any atom is 0.263 e. The van der Waals surface area contributed by atoms with E-state index in [0.29, 0.717) is 5.39 Å². The third kappa shape index (κ3) is 2.07. The van der Waals surface area contributed by atoms with Crippen LogP contribution in [0.2, 0.25) is 0 Å². The molecule has 120 valence electrons. The third-order valence-electron chi connectivity index (χ3n) is 4.80. The van der Waals surface area contributed by atoms with Crippen LogP contribution in [0, 0.1) is 0 Å². The third-order valence-corrected chi connectivity index (χ3v) is 4.80. The Balaban J connectivity index is 1.89. The van der Waals surface area contributed by atoms with Gasteiger partial charge >= 0.3 is 0 Å².